The van der Waals surface area contributed by atoms with Crippen molar-refractivity contribution < 1.29 is 4.79 Å². The summed E-state index contributed by atoms with van der Waals surface area (Å²) >= 11 is 11.3. The van der Waals surface area contributed by atoms with Crippen LogP contribution in [0.5, 0.6) is 0 Å². The minimum absolute atomic E-state index is 0.0603. The number of aromatic amines is 1. The Kier molecular flexibility index (Phi) is 5.78. The monoisotopic (exact) mass is 438 g/mol. The fourth-order valence-electron chi connectivity index (χ4n) is 3.14. The van der Waals surface area contributed by atoms with Gasteiger partial charge in [0.2, 0.25) is 5.91 Å². The molecular weight excluding hydrogens is 420 g/mol. The van der Waals surface area contributed by atoms with Crippen molar-refractivity contribution in [3.05, 3.63) is 82.6 Å². The van der Waals surface area contributed by atoms with E-state index in [9.17, 15) is 4.79 Å². The second kappa shape index (κ2) is 8.64. The van der Waals surface area contributed by atoms with E-state index in [1.54, 1.807) is 29.2 Å². The summed E-state index contributed by atoms with van der Waals surface area (Å²) in [4.78, 5) is 16.7. The Bertz CT molecular complexity index is 1200. The molecule has 30 heavy (non-hydrogen) atoms. The Labute approximate surface area is 183 Å². The third-order valence-corrected chi connectivity index (χ3v) is 5.30. The summed E-state index contributed by atoms with van der Waals surface area (Å²) in [6, 6.07) is 15.0. The SMILES string of the molecule is CC(NC(=O)Cn1c(-c2ccc(Cl)cc2)n[nH]c1=S)c1ccc(-n2ccnc2)cc1. The van der Waals surface area contributed by atoms with Gasteiger partial charge in [-0.05, 0) is 61.1 Å². The fourth-order valence-corrected chi connectivity index (χ4v) is 3.47. The van der Waals surface area contributed by atoms with Crippen molar-refractivity contribution in [1.82, 2.24) is 29.6 Å². The lowest BCUT2D eigenvalue weighted by atomic mass is 10.1. The van der Waals surface area contributed by atoms with Gasteiger partial charge in [0.05, 0.1) is 12.4 Å². The van der Waals surface area contributed by atoms with E-state index in [1.807, 2.05) is 54.1 Å². The van der Waals surface area contributed by atoms with E-state index in [2.05, 4.69) is 20.5 Å². The topological polar surface area (TPSA) is 80.5 Å². The average Bonchev–Trinajstić information content (AvgIpc) is 3.40. The van der Waals surface area contributed by atoms with Crippen molar-refractivity contribution in [2.75, 3.05) is 0 Å². The van der Waals surface area contributed by atoms with Crippen LogP contribution in [0.1, 0.15) is 18.5 Å². The van der Waals surface area contributed by atoms with Crippen LogP contribution in [0, 0.1) is 4.77 Å². The van der Waals surface area contributed by atoms with E-state index < -0.39 is 0 Å². The molecule has 2 aromatic carbocycles. The van der Waals surface area contributed by atoms with Gasteiger partial charge in [-0.15, -0.1) is 0 Å². The lowest BCUT2D eigenvalue weighted by Gasteiger charge is -2.16. The van der Waals surface area contributed by atoms with Gasteiger partial charge in [0.15, 0.2) is 10.6 Å². The molecule has 1 unspecified atom stereocenters. The van der Waals surface area contributed by atoms with Crippen LogP contribution < -0.4 is 5.32 Å². The summed E-state index contributed by atoms with van der Waals surface area (Å²) in [5.41, 5.74) is 2.83. The molecule has 0 radical (unpaired) electrons. The van der Waals surface area contributed by atoms with Crippen LogP contribution in [0.2, 0.25) is 5.02 Å². The number of hydrogen-bond donors (Lipinski definition) is 2. The first-order chi connectivity index (χ1) is 14.5. The molecule has 2 heterocycles. The Morgan fingerprint density at radius 1 is 1.20 bits per heavy atom. The van der Waals surface area contributed by atoms with Gasteiger partial charge in [-0.1, -0.05) is 23.7 Å². The number of halogens is 1. The molecule has 0 spiro atoms. The van der Waals surface area contributed by atoms with Crippen molar-refractivity contribution in [1.29, 1.82) is 0 Å². The molecule has 2 aromatic heterocycles. The minimum atomic E-state index is -0.158. The van der Waals surface area contributed by atoms with E-state index in [0.29, 0.717) is 15.6 Å². The Morgan fingerprint density at radius 3 is 2.60 bits per heavy atom. The van der Waals surface area contributed by atoms with Crippen LogP contribution in [0.3, 0.4) is 0 Å². The van der Waals surface area contributed by atoms with Gasteiger partial charge in [-0.3, -0.25) is 14.5 Å². The molecule has 2 N–H and O–H groups in total. The Hall–Kier alpha value is -3.23. The molecule has 0 aliphatic rings. The summed E-state index contributed by atoms with van der Waals surface area (Å²) in [5, 5.41) is 10.7. The quantitative estimate of drug-likeness (QED) is 0.439. The highest BCUT2D eigenvalue weighted by molar-refractivity contribution is 7.71. The maximum absolute atomic E-state index is 12.7. The third-order valence-electron chi connectivity index (χ3n) is 4.74. The first-order valence-electron chi connectivity index (χ1n) is 9.30. The number of carbonyl (C=O) groups excluding carboxylic acids is 1. The van der Waals surface area contributed by atoms with Crippen LogP contribution in [0.4, 0.5) is 0 Å². The Morgan fingerprint density at radius 2 is 1.93 bits per heavy atom. The number of benzene rings is 2. The Balaban J connectivity index is 1.45. The number of H-pyrrole nitrogens is 1. The van der Waals surface area contributed by atoms with Crippen LogP contribution in [-0.2, 0) is 11.3 Å². The highest BCUT2D eigenvalue weighted by Crippen LogP contribution is 2.20. The molecule has 0 aliphatic carbocycles. The number of aromatic nitrogens is 5. The smallest absolute Gasteiger partial charge is 0.240 e. The highest BCUT2D eigenvalue weighted by atomic mass is 35.5. The zero-order valence-electron chi connectivity index (χ0n) is 16.1. The van der Waals surface area contributed by atoms with Crippen molar-refractivity contribution >= 4 is 29.7 Å². The highest BCUT2D eigenvalue weighted by Gasteiger charge is 2.15. The largest absolute Gasteiger partial charge is 0.348 e. The normalized spacial score (nSPS) is 11.9. The molecular formula is C21H19ClN6OS. The molecule has 1 amide bonds. The van der Waals surface area contributed by atoms with Crippen LogP contribution in [0.15, 0.2) is 67.3 Å². The first-order valence-corrected chi connectivity index (χ1v) is 10.1. The van der Waals surface area contributed by atoms with Gasteiger partial charge in [0.1, 0.15) is 6.54 Å². The molecule has 0 saturated heterocycles. The number of carbonyl (C=O) groups is 1. The predicted octanol–water partition coefficient (Wildman–Crippen LogP) is 4.32. The van der Waals surface area contributed by atoms with Gasteiger partial charge in [0, 0.05) is 28.7 Å². The molecule has 0 bridgehead atoms. The second-order valence-corrected chi connectivity index (χ2v) is 7.62. The van der Waals surface area contributed by atoms with Gasteiger partial charge in [-0.2, -0.15) is 5.10 Å². The number of amides is 1. The molecule has 9 heteroatoms. The third kappa shape index (κ3) is 4.34. The number of imidazole rings is 1. The van der Waals surface area contributed by atoms with Crippen molar-refractivity contribution in [2.45, 2.75) is 19.5 Å². The van der Waals surface area contributed by atoms with Crippen molar-refractivity contribution in [2.24, 2.45) is 0 Å². The lowest BCUT2D eigenvalue weighted by Crippen LogP contribution is -2.30. The van der Waals surface area contributed by atoms with Crippen LogP contribution in [0.25, 0.3) is 17.1 Å². The number of hydrogen-bond acceptors (Lipinski definition) is 4. The van der Waals surface area contributed by atoms with E-state index in [4.69, 9.17) is 23.8 Å². The summed E-state index contributed by atoms with van der Waals surface area (Å²) in [6.45, 7) is 2.00. The number of rotatable bonds is 6. The summed E-state index contributed by atoms with van der Waals surface area (Å²) in [5.74, 6) is 0.429. The maximum atomic E-state index is 12.7. The minimum Gasteiger partial charge on any atom is -0.348 e. The molecule has 7 nitrogen and oxygen atoms in total. The molecule has 0 saturated carbocycles. The zero-order valence-corrected chi connectivity index (χ0v) is 17.7. The molecule has 0 aliphatic heterocycles. The van der Waals surface area contributed by atoms with E-state index in [-0.39, 0.29) is 18.5 Å². The lowest BCUT2D eigenvalue weighted by molar-refractivity contribution is -0.122. The van der Waals surface area contributed by atoms with E-state index in [1.165, 1.54) is 0 Å². The maximum Gasteiger partial charge on any atom is 0.240 e. The summed E-state index contributed by atoms with van der Waals surface area (Å²) in [6.07, 6.45) is 5.36. The zero-order chi connectivity index (χ0) is 21.1. The molecule has 0 fully saturated rings. The molecule has 4 aromatic rings. The van der Waals surface area contributed by atoms with Gasteiger partial charge in [0.25, 0.3) is 0 Å². The van der Waals surface area contributed by atoms with Crippen molar-refractivity contribution in [3.63, 3.8) is 0 Å². The summed E-state index contributed by atoms with van der Waals surface area (Å²) < 4.78 is 3.97. The molecule has 1 atom stereocenters. The molecule has 152 valence electrons. The first kappa shape index (κ1) is 20.1. The second-order valence-electron chi connectivity index (χ2n) is 6.80. The fraction of sp³-hybridized carbons (Fsp3) is 0.143. The van der Waals surface area contributed by atoms with Crippen LogP contribution >= 0.6 is 23.8 Å². The van der Waals surface area contributed by atoms with E-state index >= 15 is 0 Å². The van der Waals surface area contributed by atoms with E-state index in [0.717, 1.165) is 16.8 Å². The number of nitrogens with one attached hydrogen (secondary N) is 2. The average molecular weight is 439 g/mol. The predicted molar refractivity (Wildman–Crippen MR) is 118 cm³/mol. The van der Waals surface area contributed by atoms with Gasteiger partial charge >= 0.3 is 0 Å². The van der Waals surface area contributed by atoms with Gasteiger partial charge in [-0.25, -0.2) is 4.98 Å². The van der Waals surface area contributed by atoms with Crippen molar-refractivity contribution in [3.8, 4) is 17.1 Å². The van der Waals surface area contributed by atoms with Crippen LogP contribution in [-0.4, -0.2) is 30.2 Å². The van der Waals surface area contributed by atoms with Gasteiger partial charge < -0.3 is 9.88 Å². The number of nitrogens with zero attached hydrogens (tertiary/aromatic N) is 4. The molecule has 4 rings (SSSR count). The standard InChI is InChI=1S/C21H19ClN6OS/c1-14(15-4-8-18(9-5-15)27-11-10-23-13-27)24-19(29)12-28-20(25-26-21(28)30)16-2-6-17(22)7-3-16/h2-11,13-14H,12H2,1H3,(H,24,29)(H,26,30). The summed E-state index contributed by atoms with van der Waals surface area (Å²) in [7, 11) is 0.